The summed E-state index contributed by atoms with van der Waals surface area (Å²) in [6.45, 7) is 0. The monoisotopic (exact) mass is 739 g/mol. The lowest BCUT2D eigenvalue weighted by Crippen LogP contribution is -2.29. The summed E-state index contributed by atoms with van der Waals surface area (Å²) in [7, 11) is 0. The lowest BCUT2D eigenvalue weighted by atomic mass is 9.65. The predicted molar refractivity (Wildman–Crippen MR) is 240 cm³/mol. The maximum atomic E-state index is 2.55. The van der Waals surface area contributed by atoms with Crippen LogP contribution in [-0.4, -0.2) is 0 Å². The van der Waals surface area contributed by atoms with Gasteiger partial charge in [-0.05, 0) is 109 Å². The molecule has 3 aliphatic rings. The normalized spacial score (nSPS) is 15.4. The number of para-hydroxylation sites is 2. The van der Waals surface area contributed by atoms with Gasteiger partial charge in [-0.15, -0.1) is 11.3 Å². The van der Waals surface area contributed by atoms with Gasteiger partial charge in [0.1, 0.15) is 0 Å². The minimum Gasteiger partial charge on any atom is -0.309 e. The average molecular weight is 740 g/mol. The van der Waals surface area contributed by atoms with Crippen molar-refractivity contribution in [1.29, 1.82) is 0 Å². The van der Waals surface area contributed by atoms with Gasteiger partial charge in [-0.2, -0.15) is 0 Å². The first kappa shape index (κ1) is 31.2. The van der Waals surface area contributed by atoms with Crippen molar-refractivity contribution in [2.75, 3.05) is 4.90 Å². The molecule has 9 aromatic carbocycles. The summed E-state index contributed by atoms with van der Waals surface area (Å²) < 4.78 is 2.65. The van der Waals surface area contributed by atoms with Crippen LogP contribution in [0.5, 0.6) is 0 Å². The Balaban J connectivity index is 1.19. The lowest BCUT2D eigenvalue weighted by Gasteiger charge is -2.36. The van der Waals surface area contributed by atoms with Gasteiger partial charge in [0.05, 0.1) is 16.8 Å². The van der Waals surface area contributed by atoms with Crippen LogP contribution in [-0.2, 0) is 5.41 Å². The molecule has 0 amide bonds. The molecule has 1 spiro atoms. The van der Waals surface area contributed by atoms with Gasteiger partial charge in [0.15, 0.2) is 0 Å². The SMILES string of the molecule is c1ccc2c(c1)-c1ccccc1N(c1ccc3c(c1)C1(c4ccccc4-c4ccccc4-3)c3ccccc3-c3cc4c(cc31)sc1ccccc14)c1ccccc1-2. The van der Waals surface area contributed by atoms with E-state index in [4.69, 9.17) is 0 Å². The van der Waals surface area contributed by atoms with Gasteiger partial charge in [0.25, 0.3) is 0 Å². The van der Waals surface area contributed by atoms with Crippen LogP contribution >= 0.6 is 11.3 Å². The molecule has 1 atom stereocenters. The number of nitrogens with zero attached hydrogens (tertiary/aromatic N) is 1. The van der Waals surface area contributed by atoms with Crippen LogP contribution in [0.15, 0.2) is 200 Å². The van der Waals surface area contributed by atoms with Crippen molar-refractivity contribution in [1.82, 2.24) is 0 Å². The predicted octanol–water partition coefficient (Wildman–Crippen LogP) is 15.2. The number of anilines is 3. The zero-order chi connectivity index (χ0) is 37.2. The van der Waals surface area contributed by atoms with Crippen molar-refractivity contribution in [3.63, 3.8) is 0 Å². The average Bonchev–Trinajstić information content (AvgIpc) is 3.70. The third-order valence-electron chi connectivity index (χ3n) is 12.8. The van der Waals surface area contributed by atoms with Crippen LogP contribution < -0.4 is 4.90 Å². The van der Waals surface area contributed by atoms with Crippen molar-refractivity contribution in [2.45, 2.75) is 5.41 Å². The van der Waals surface area contributed by atoms with E-state index >= 15 is 0 Å². The highest BCUT2D eigenvalue weighted by atomic mass is 32.1. The Bertz CT molecular complexity index is 3260. The smallest absolute Gasteiger partial charge is 0.0726 e. The van der Waals surface area contributed by atoms with E-state index in [2.05, 4.69) is 205 Å². The molecule has 0 fully saturated rings. The summed E-state index contributed by atoms with van der Waals surface area (Å²) in [5.74, 6) is 0. The first-order valence-corrected chi connectivity index (χ1v) is 20.6. The highest BCUT2D eigenvalue weighted by Gasteiger charge is 2.50. The molecule has 0 saturated carbocycles. The second-order valence-electron chi connectivity index (χ2n) is 15.5. The number of thiophene rings is 1. The molecule has 2 heteroatoms. The Morgan fingerprint density at radius 1 is 0.298 bits per heavy atom. The molecule has 0 N–H and O–H groups in total. The Labute approximate surface area is 335 Å². The Kier molecular flexibility index (Phi) is 6.31. The maximum absolute atomic E-state index is 2.55. The zero-order valence-corrected chi connectivity index (χ0v) is 31.7. The van der Waals surface area contributed by atoms with E-state index in [1.807, 2.05) is 11.3 Å². The van der Waals surface area contributed by atoms with E-state index in [0.29, 0.717) is 0 Å². The van der Waals surface area contributed by atoms with Gasteiger partial charge in [0, 0.05) is 37.0 Å². The molecule has 10 aromatic rings. The molecular weight excluding hydrogens is 707 g/mol. The lowest BCUT2D eigenvalue weighted by molar-refractivity contribution is 0.776. The molecule has 57 heavy (non-hydrogen) atoms. The highest BCUT2D eigenvalue weighted by molar-refractivity contribution is 7.25. The first-order chi connectivity index (χ1) is 28.3. The molecule has 13 rings (SSSR count). The van der Waals surface area contributed by atoms with E-state index < -0.39 is 5.41 Å². The number of rotatable bonds is 1. The molecule has 2 aliphatic carbocycles. The largest absolute Gasteiger partial charge is 0.309 e. The highest BCUT2D eigenvalue weighted by Crippen LogP contribution is 2.63. The molecule has 1 aliphatic heterocycles. The molecule has 0 radical (unpaired) electrons. The van der Waals surface area contributed by atoms with Crippen LogP contribution in [0, 0.1) is 0 Å². The fourth-order valence-electron chi connectivity index (χ4n) is 10.6. The van der Waals surface area contributed by atoms with Crippen molar-refractivity contribution < 1.29 is 0 Å². The van der Waals surface area contributed by atoms with E-state index in [1.54, 1.807) is 0 Å². The van der Waals surface area contributed by atoms with Crippen LogP contribution in [0.1, 0.15) is 22.3 Å². The van der Waals surface area contributed by atoms with Crippen LogP contribution in [0.3, 0.4) is 0 Å². The minimum atomic E-state index is -0.592. The fourth-order valence-corrected chi connectivity index (χ4v) is 11.7. The molecule has 0 saturated heterocycles. The van der Waals surface area contributed by atoms with E-state index in [9.17, 15) is 0 Å². The van der Waals surface area contributed by atoms with Crippen molar-refractivity contribution >= 4 is 48.6 Å². The molecule has 1 aromatic heterocycles. The second kappa shape index (κ2) is 11.5. The number of hydrogen-bond donors (Lipinski definition) is 0. The first-order valence-electron chi connectivity index (χ1n) is 19.8. The summed E-state index contributed by atoms with van der Waals surface area (Å²) in [5.41, 5.74) is 20.9. The van der Waals surface area contributed by atoms with Gasteiger partial charge in [-0.3, -0.25) is 0 Å². The van der Waals surface area contributed by atoms with Gasteiger partial charge in [0.2, 0.25) is 0 Å². The topological polar surface area (TPSA) is 3.24 Å². The second-order valence-corrected chi connectivity index (χ2v) is 16.6. The van der Waals surface area contributed by atoms with E-state index in [1.165, 1.54) is 109 Å². The third-order valence-corrected chi connectivity index (χ3v) is 14.0. The Hall–Kier alpha value is -7.00. The molecule has 2 heterocycles. The van der Waals surface area contributed by atoms with E-state index in [0.717, 1.165) is 5.69 Å². The summed E-state index contributed by atoms with van der Waals surface area (Å²) in [4.78, 5) is 2.51. The zero-order valence-electron chi connectivity index (χ0n) is 30.9. The molecule has 1 unspecified atom stereocenters. The number of hydrogen-bond acceptors (Lipinski definition) is 2. The number of benzene rings is 9. The van der Waals surface area contributed by atoms with Crippen LogP contribution in [0.4, 0.5) is 17.1 Å². The summed E-state index contributed by atoms with van der Waals surface area (Å²) >= 11 is 1.91. The maximum Gasteiger partial charge on any atom is 0.0726 e. The standard InChI is InChI=1S/C55H33NS/c1-2-16-36-35(15-1)39-19-5-10-24-47(39)55(48-25-11-6-20-40(48)45-32-46-44-23-9-14-28-53(44)57-54(46)33-50(45)55)49-31-34(29-30-41(36)49)56-51-26-12-7-21-42(51)37-17-3-4-18-38(37)43-22-8-13-27-52(43)56/h1-33H. The summed E-state index contributed by atoms with van der Waals surface area (Å²) in [6, 6.07) is 75.4. The molecule has 0 bridgehead atoms. The summed E-state index contributed by atoms with van der Waals surface area (Å²) in [6.07, 6.45) is 0. The van der Waals surface area contributed by atoms with Crippen LogP contribution in [0.25, 0.3) is 75.8 Å². The molecule has 1 nitrogen and oxygen atoms in total. The minimum absolute atomic E-state index is 0.592. The van der Waals surface area contributed by atoms with Crippen molar-refractivity contribution in [3.05, 3.63) is 222 Å². The quantitative estimate of drug-likeness (QED) is 0.162. The molecular formula is C55H33NS. The van der Waals surface area contributed by atoms with Gasteiger partial charge in [-0.1, -0.05) is 158 Å². The number of fused-ring (bicyclic) bond motifs is 20. The Morgan fingerprint density at radius 3 is 1.39 bits per heavy atom. The van der Waals surface area contributed by atoms with Crippen molar-refractivity contribution in [3.8, 4) is 55.6 Å². The van der Waals surface area contributed by atoms with Gasteiger partial charge >= 0.3 is 0 Å². The summed E-state index contributed by atoms with van der Waals surface area (Å²) in [5, 5.41) is 2.66. The third kappa shape index (κ3) is 4.07. The fraction of sp³-hybridized carbons (Fsp3) is 0.0182. The van der Waals surface area contributed by atoms with Crippen molar-refractivity contribution in [2.24, 2.45) is 0 Å². The van der Waals surface area contributed by atoms with Gasteiger partial charge in [-0.25, -0.2) is 0 Å². The van der Waals surface area contributed by atoms with Gasteiger partial charge < -0.3 is 4.90 Å². The molecule has 264 valence electrons. The van der Waals surface area contributed by atoms with Crippen LogP contribution in [0.2, 0.25) is 0 Å². The Morgan fingerprint density at radius 2 is 0.754 bits per heavy atom. The van der Waals surface area contributed by atoms with E-state index in [-0.39, 0.29) is 0 Å².